The van der Waals surface area contributed by atoms with E-state index in [-0.39, 0.29) is 19.1 Å². The number of carboxylic acids is 1. The van der Waals surface area contributed by atoms with E-state index in [1.54, 1.807) is 0 Å². The van der Waals surface area contributed by atoms with Gasteiger partial charge in [0.25, 0.3) is 0 Å². The Bertz CT molecular complexity index is 870. The molecule has 0 bridgehead atoms. The highest BCUT2D eigenvalue weighted by molar-refractivity contribution is 5.83. The molecule has 1 fully saturated rings. The summed E-state index contributed by atoms with van der Waals surface area (Å²) in [5.41, 5.74) is 0.112. The van der Waals surface area contributed by atoms with Crippen molar-refractivity contribution in [3.63, 3.8) is 0 Å². The van der Waals surface area contributed by atoms with Gasteiger partial charge in [-0.3, -0.25) is 4.79 Å². The molecule has 7 nitrogen and oxygen atoms in total. The van der Waals surface area contributed by atoms with Gasteiger partial charge in [-0.25, -0.2) is 9.78 Å². The highest BCUT2D eigenvalue weighted by atomic mass is 19.4. The molecule has 0 spiro atoms. The lowest BCUT2D eigenvalue weighted by atomic mass is 9.79. The van der Waals surface area contributed by atoms with Crippen LogP contribution in [0.1, 0.15) is 63.6 Å². The van der Waals surface area contributed by atoms with Crippen molar-refractivity contribution in [3.8, 4) is 0 Å². The van der Waals surface area contributed by atoms with Crippen LogP contribution in [-0.4, -0.2) is 53.4 Å². The van der Waals surface area contributed by atoms with Gasteiger partial charge in [0, 0.05) is 31.7 Å². The molecule has 1 aliphatic carbocycles. The van der Waals surface area contributed by atoms with Crippen molar-refractivity contribution >= 4 is 17.7 Å². The van der Waals surface area contributed by atoms with Gasteiger partial charge in [0.1, 0.15) is 11.9 Å². The zero-order chi connectivity index (χ0) is 24.9. The number of carbonyl (C=O) groups is 2. The number of rotatable bonds is 11. The summed E-state index contributed by atoms with van der Waals surface area (Å²) in [6, 6.07) is 2.96. The third kappa shape index (κ3) is 7.07. The molecular weight excluding hydrogens is 451 g/mol. The number of nitrogens with one attached hydrogen (secondary N) is 2. The first-order valence-corrected chi connectivity index (χ1v) is 11.9. The van der Waals surface area contributed by atoms with E-state index in [0.29, 0.717) is 5.92 Å². The molecular formula is C24H34F3N3O4. The molecule has 1 aromatic heterocycles. The van der Waals surface area contributed by atoms with Crippen LogP contribution in [0.3, 0.4) is 0 Å². The molecule has 1 aromatic rings. The molecule has 1 aliphatic heterocycles. The minimum atomic E-state index is -4.56. The predicted molar refractivity (Wildman–Crippen MR) is 120 cm³/mol. The largest absolute Gasteiger partial charge is 0.480 e. The van der Waals surface area contributed by atoms with Crippen molar-refractivity contribution in [1.29, 1.82) is 0 Å². The lowest BCUT2D eigenvalue weighted by molar-refractivity contribution is -0.213. The van der Waals surface area contributed by atoms with Crippen molar-refractivity contribution in [2.24, 2.45) is 11.3 Å². The van der Waals surface area contributed by atoms with E-state index in [9.17, 15) is 27.9 Å². The number of fused-ring (bicyclic) bond motifs is 1. The summed E-state index contributed by atoms with van der Waals surface area (Å²) in [5.74, 6) is -0.708. The first kappa shape index (κ1) is 26.2. The zero-order valence-corrected chi connectivity index (χ0v) is 19.7. The number of ether oxygens (including phenoxy) is 1. The Labute approximate surface area is 197 Å². The molecule has 10 heteroatoms. The lowest BCUT2D eigenvalue weighted by Crippen LogP contribution is -2.45. The number of pyridine rings is 1. The van der Waals surface area contributed by atoms with E-state index in [2.05, 4.69) is 22.8 Å². The Morgan fingerprint density at radius 3 is 2.71 bits per heavy atom. The number of aliphatic carboxylic acids is 1. The number of aromatic nitrogens is 1. The molecule has 0 radical (unpaired) electrons. The fourth-order valence-electron chi connectivity index (χ4n) is 4.26. The molecule has 2 aliphatic rings. The standard InChI is InChI=1S/C24H34F3N3O4/c1-23(2,24(25,26)27)14-20(31)30-19(22(32)33)9-11-34-18-12-15(13-18)5-7-17-8-6-16-4-3-10-28-21(16)29-17/h6,8,15,18-19H,3-5,7,9-14H2,1-2H3,(H,28,29)(H,30,31)(H,32,33)/t15?,18?,19-/m0/s1. The van der Waals surface area contributed by atoms with Gasteiger partial charge in [-0.1, -0.05) is 19.9 Å². The van der Waals surface area contributed by atoms with E-state index < -0.39 is 35.9 Å². The minimum Gasteiger partial charge on any atom is -0.480 e. The van der Waals surface area contributed by atoms with Crippen LogP contribution in [0.25, 0.3) is 0 Å². The molecule has 1 saturated carbocycles. The van der Waals surface area contributed by atoms with E-state index in [1.807, 2.05) is 0 Å². The lowest BCUT2D eigenvalue weighted by Gasteiger charge is -2.35. The second kappa shape index (κ2) is 10.9. The molecule has 3 N–H and O–H groups in total. The predicted octanol–water partition coefficient (Wildman–Crippen LogP) is 4.11. The Morgan fingerprint density at radius 1 is 1.29 bits per heavy atom. The highest BCUT2D eigenvalue weighted by Gasteiger charge is 2.48. The summed E-state index contributed by atoms with van der Waals surface area (Å²) in [6.45, 7) is 2.91. The second-order valence-corrected chi connectivity index (χ2v) is 10.0. The average Bonchev–Trinajstić information content (AvgIpc) is 2.72. The molecule has 190 valence electrons. The van der Waals surface area contributed by atoms with Gasteiger partial charge >= 0.3 is 12.1 Å². The number of halogens is 3. The van der Waals surface area contributed by atoms with Crippen LogP contribution in [0, 0.1) is 11.3 Å². The first-order chi connectivity index (χ1) is 15.9. The van der Waals surface area contributed by atoms with Crippen LogP contribution in [0.15, 0.2) is 12.1 Å². The maximum absolute atomic E-state index is 13.0. The fraction of sp³-hybridized carbons (Fsp3) is 0.708. The van der Waals surface area contributed by atoms with Crippen LogP contribution in [0.2, 0.25) is 0 Å². The van der Waals surface area contributed by atoms with E-state index in [0.717, 1.165) is 70.4 Å². The van der Waals surface area contributed by atoms with Gasteiger partial charge in [0.2, 0.25) is 5.91 Å². The first-order valence-electron chi connectivity index (χ1n) is 11.9. The van der Waals surface area contributed by atoms with Gasteiger partial charge in [-0.2, -0.15) is 13.2 Å². The van der Waals surface area contributed by atoms with Crippen LogP contribution in [0.5, 0.6) is 0 Å². The van der Waals surface area contributed by atoms with Gasteiger partial charge in [0.05, 0.1) is 11.5 Å². The quantitative estimate of drug-likeness (QED) is 0.436. The third-order valence-electron chi connectivity index (χ3n) is 6.72. The third-order valence-corrected chi connectivity index (χ3v) is 6.72. The van der Waals surface area contributed by atoms with Gasteiger partial charge < -0.3 is 20.5 Å². The molecule has 1 atom stereocenters. The van der Waals surface area contributed by atoms with E-state index in [4.69, 9.17) is 9.72 Å². The summed E-state index contributed by atoms with van der Waals surface area (Å²) in [5, 5.41) is 14.8. The van der Waals surface area contributed by atoms with Crippen LogP contribution < -0.4 is 10.6 Å². The van der Waals surface area contributed by atoms with Crippen molar-refractivity contribution in [3.05, 3.63) is 23.4 Å². The van der Waals surface area contributed by atoms with Crippen molar-refractivity contribution in [2.45, 2.75) is 83.5 Å². The number of hydrogen-bond donors (Lipinski definition) is 3. The number of anilines is 1. The van der Waals surface area contributed by atoms with E-state index in [1.165, 1.54) is 5.56 Å². The summed E-state index contributed by atoms with van der Waals surface area (Å²) >= 11 is 0. The Balaban J connectivity index is 1.33. The fourth-order valence-corrected chi connectivity index (χ4v) is 4.26. The van der Waals surface area contributed by atoms with Gasteiger partial charge in [-0.15, -0.1) is 0 Å². The average molecular weight is 486 g/mol. The maximum Gasteiger partial charge on any atom is 0.394 e. The number of hydrogen-bond acceptors (Lipinski definition) is 5. The topological polar surface area (TPSA) is 101 Å². The minimum absolute atomic E-state index is 0.000726. The van der Waals surface area contributed by atoms with E-state index >= 15 is 0 Å². The van der Waals surface area contributed by atoms with Crippen LogP contribution >= 0.6 is 0 Å². The molecule has 3 rings (SSSR count). The summed E-state index contributed by atoms with van der Waals surface area (Å²) in [7, 11) is 0. The SMILES string of the molecule is CC(C)(CC(=O)N[C@@H](CCOC1CC(CCc2ccc3c(n2)NCCC3)C1)C(=O)O)C(F)(F)F. The second-order valence-electron chi connectivity index (χ2n) is 10.0. The normalized spacial score (nSPS) is 21.1. The van der Waals surface area contributed by atoms with Crippen LogP contribution in [-0.2, 0) is 27.2 Å². The number of carboxylic acid groups (broad SMARTS) is 1. The Kier molecular flexibility index (Phi) is 8.43. The van der Waals surface area contributed by atoms with Crippen LogP contribution in [0.4, 0.5) is 19.0 Å². The Morgan fingerprint density at radius 2 is 2.03 bits per heavy atom. The Hall–Kier alpha value is -2.36. The highest BCUT2D eigenvalue weighted by Crippen LogP contribution is 2.40. The number of carbonyl (C=O) groups excluding carboxylic acids is 1. The zero-order valence-electron chi connectivity index (χ0n) is 19.7. The number of alkyl halides is 3. The summed E-state index contributed by atoms with van der Waals surface area (Å²) in [4.78, 5) is 28.1. The summed E-state index contributed by atoms with van der Waals surface area (Å²) in [6.07, 6.45) is 0.517. The monoisotopic (exact) mass is 485 g/mol. The molecule has 0 aromatic carbocycles. The number of nitrogens with zero attached hydrogens (tertiary/aromatic N) is 1. The molecule has 0 unspecified atom stereocenters. The molecule has 0 saturated heterocycles. The summed E-state index contributed by atoms with van der Waals surface area (Å²) < 4.78 is 44.6. The number of amides is 1. The van der Waals surface area contributed by atoms with Crippen molar-refractivity contribution in [1.82, 2.24) is 10.3 Å². The molecule has 2 heterocycles. The van der Waals surface area contributed by atoms with Gasteiger partial charge in [0.15, 0.2) is 0 Å². The molecule has 1 amide bonds. The van der Waals surface area contributed by atoms with Crippen molar-refractivity contribution < 1.29 is 32.6 Å². The number of aryl methyl sites for hydroxylation is 2. The van der Waals surface area contributed by atoms with Crippen molar-refractivity contribution in [2.75, 3.05) is 18.5 Å². The maximum atomic E-state index is 13.0. The van der Waals surface area contributed by atoms with Gasteiger partial charge in [-0.05, 0) is 56.1 Å². The molecule has 34 heavy (non-hydrogen) atoms. The smallest absolute Gasteiger partial charge is 0.394 e.